The Hall–Kier alpha value is -0.810. The summed E-state index contributed by atoms with van der Waals surface area (Å²) in [6.07, 6.45) is 0.833. The van der Waals surface area contributed by atoms with Gasteiger partial charge in [0.1, 0.15) is 5.75 Å². The Morgan fingerprint density at radius 2 is 2.00 bits per heavy atom. The summed E-state index contributed by atoms with van der Waals surface area (Å²) in [7, 11) is 1.65. The number of hydrogen-bond donors (Lipinski definition) is 1. The second kappa shape index (κ2) is 9.16. The molecule has 0 spiro atoms. The Kier molecular flexibility index (Phi) is 7.76. The molecule has 2 N–H and O–H groups in total. The predicted molar refractivity (Wildman–Crippen MR) is 72.2 cm³/mol. The molecule has 0 radical (unpaired) electrons. The largest absolute Gasteiger partial charge is 0.493 e. The molecule has 0 amide bonds. The van der Waals surface area contributed by atoms with Crippen molar-refractivity contribution in [2.24, 2.45) is 5.73 Å². The van der Waals surface area contributed by atoms with Crippen LogP contribution in [0.25, 0.3) is 0 Å². The van der Waals surface area contributed by atoms with Crippen LogP contribution in [-0.4, -0.2) is 33.5 Å². The molecule has 1 aromatic carbocycles. The Bertz CT molecular complexity index is 347. The highest BCUT2D eigenvalue weighted by Gasteiger charge is 2.01. The van der Waals surface area contributed by atoms with Gasteiger partial charge in [0, 0.05) is 31.7 Å². The van der Waals surface area contributed by atoms with Gasteiger partial charge in [-0.2, -0.15) is 0 Å². The fourth-order valence-corrected chi connectivity index (χ4v) is 1.63. The zero-order chi connectivity index (χ0) is 13.2. The summed E-state index contributed by atoms with van der Waals surface area (Å²) in [6, 6.07) is 5.54. The fourth-order valence-electron chi connectivity index (χ4n) is 1.38. The summed E-state index contributed by atoms with van der Waals surface area (Å²) in [4.78, 5) is 0. The fraction of sp³-hybridized carbons (Fsp3) is 0.538. The lowest BCUT2D eigenvalue weighted by Crippen LogP contribution is -2.07. The van der Waals surface area contributed by atoms with Crippen LogP contribution in [0, 0.1) is 0 Å². The number of halogens is 1. The van der Waals surface area contributed by atoms with Crippen molar-refractivity contribution < 1.29 is 14.2 Å². The molecule has 0 heterocycles. The minimum Gasteiger partial charge on any atom is -0.493 e. The lowest BCUT2D eigenvalue weighted by Gasteiger charge is -2.08. The molecule has 0 atom stereocenters. The highest BCUT2D eigenvalue weighted by molar-refractivity contribution is 6.31. The summed E-state index contributed by atoms with van der Waals surface area (Å²) < 4.78 is 15.8. The van der Waals surface area contributed by atoms with Crippen molar-refractivity contribution in [3.63, 3.8) is 0 Å². The zero-order valence-corrected chi connectivity index (χ0v) is 11.4. The molecule has 0 aliphatic rings. The topological polar surface area (TPSA) is 53.7 Å². The molecule has 0 fully saturated rings. The molecule has 18 heavy (non-hydrogen) atoms. The maximum atomic E-state index is 6.03. The van der Waals surface area contributed by atoms with Gasteiger partial charge in [-0.05, 0) is 17.7 Å². The van der Waals surface area contributed by atoms with E-state index in [1.807, 2.05) is 12.1 Å². The number of ether oxygens (including phenoxy) is 3. The van der Waals surface area contributed by atoms with Crippen LogP contribution in [0.2, 0.25) is 5.02 Å². The number of nitrogens with two attached hydrogens (primary N) is 1. The van der Waals surface area contributed by atoms with Crippen LogP contribution in [-0.2, 0) is 16.0 Å². The monoisotopic (exact) mass is 273 g/mol. The van der Waals surface area contributed by atoms with Gasteiger partial charge in [0.2, 0.25) is 0 Å². The van der Waals surface area contributed by atoms with Gasteiger partial charge in [-0.3, -0.25) is 0 Å². The molecular weight excluding hydrogens is 254 g/mol. The van der Waals surface area contributed by atoms with Crippen LogP contribution in [0.3, 0.4) is 0 Å². The van der Waals surface area contributed by atoms with E-state index in [1.54, 1.807) is 13.2 Å². The maximum Gasteiger partial charge on any atom is 0.120 e. The van der Waals surface area contributed by atoms with E-state index in [2.05, 4.69) is 0 Å². The van der Waals surface area contributed by atoms with E-state index in [1.165, 1.54) is 0 Å². The van der Waals surface area contributed by atoms with Gasteiger partial charge in [0.25, 0.3) is 0 Å². The van der Waals surface area contributed by atoms with Gasteiger partial charge in [-0.15, -0.1) is 0 Å². The summed E-state index contributed by atoms with van der Waals surface area (Å²) in [6.45, 7) is 2.94. The SMILES string of the molecule is COCCOCCCOc1ccc(CN)c(Cl)c1. The molecule has 1 rings (SSSR count). The Balaban J connectivity index is 2.17. The van der Waals surface area contributed by atoms with E-state index < -0.39 is 0 Å². The molecule has 0 unspecified atom stereocenters. The van der Waals surface area contributed by atoms with Crippen LogP contribution in [0.1, 0.15) is 12.0 Å². The van der Waals surface area contributed by atoms with Crippen molar-refractivity contribution >= 4 is 11.6 Å². The van der Waals surface area contributed by atoms with E-state index in [9.17, 15) is 0 Å². The van der Waals surface area contributed by atoms with E-state index in [0.717, 1.165) is 17.7 Å². The van der Waals surface area contributed by atoms with Crippen molar-refractivity contribution in [3.05, 3.63) is 28.8 Å². The standard InChI is InChI=1S/C13H20ClNO3/c1-16-7-8-17-5-2-6-18-12-4-3-11(10-15)13(14)9-12/h3-4,9H,2,5-8,10,15H2,1H3. The van der Waals surface area contributed by atoms with Crippen LogP contribution < -0.4 is 10.5 Å². The maximum absolute atomic E-state index is 6.03. The number of rotatable bonds is 9. The molecule has 102 valence electrons. The average molecular weight is 274 g/mol. The molecule has 0 aromatic heterocycles. The minimum absolute atomic E-state index is 0.437. The molecule has 0 saturated carbocycles. The molecule has 1 aromatic rings. The van der Waals surface area contributed by atoms with Gasteiger partial charge < -0.3 is 19.9 Å². The van der Waals surface area contributed by atoms with Crippen molar-refractivity contribution in [1.82, 2.24) is 0 Å². The molecular formula is C13H20ClNO3. The third kappa shape index (κ3) is 5.69. The van der Waals surface area contributed by atoms with Crippen LogP contribution in [0.4, 0.5) is 0 Å². The van der Waals surface area contributed by atoms with E-state index in [0.29, 0.717) is 38.0 Å². The summed E-state index contributed by atoms with van der Waals surface area (Å²) >= 11 is 6.03. The first-order chi connectivity index (χ1) is 8.77. The third-order valence-electron chi connectivity index (χ3n) is 2.38. The lowest BCUT2D eigenvalue weighted by atomic mass is 10.2. The normalized spacial score (nSPS) is 10.6. The molecule has 0 aliphatic heterocycles. The number of hydrogen-bond acceptors (Lipinski definition) is 4. The van der Waals surface area contributed by atoms with Gasteiger partial charge in [0.05, 0.1) is 19.8 Å². The molecule has 0 bridgehead atoms. The van der Waals surface area contributed by atoms with E-state index >= 15 is 0 Å². The quantitative estimate of drug-likeness (QED) is 0.701. The summed E-state index contributed by atoms with van der Waals surface area (Å²) in [5.74, 6) is 0.758. The summed E-state index contributed by atoms with van der Waals surface area (Å²) in [5, 5.41) is 0.645. The van der Waals surface area contributed by atoms with Crippen molar-refractivity contribution in [2.75, 3.05) is 33.5 Å². The van der Waals surface area contributed by atoms with Gasteiger partial charge in [-0.25, -0.2) is 0 Å². The van der Waals surface area contributed by atoms with Crippen LogP contribution in [0.5, 0.6) is 5.75 Å². The van der Waals surface area contributed by atoms with Crippen LogP contribution in [0.15, 0.2) is 18.2 Å². The lowest BCUT2D eigenvalue weighted by molar-refractivity contribution is 0.0644. The zero-order valence-electron chi connectivity index (χ0n) is 10.7. The second-order valence-corrected chi connectivity index (χ2v) is 4.17. The van der Waals surface area contributed by atoms with Gasteiger partial charge >= 0.3 is 0 Å². The Labute approximate surface area is 113 Å². The van der Waals surface area contributed by atoms with E-state index in [4.69, 9.17) is 31.5 Å². The first-order valence-electron chi connectivity index (χ1n) is 5.96. The molecule has 5 heteroatoms. The second-order valence-electron chi connectivity index (χ2n) is 3.76. The average Bonchev–Trinajstić information content (AvgIpc) is 2.38. The van der Waals surface area contributed by atoms with E-state index in [-0.39, 0.29) is 0 Å². The highest BCUT2D eigenvalue weighted by Crippen LogP contribution is 2.22. The Morgan fingerprint density at radius 1 is 1.17 bits per heavy atom. The predicted octanol–water partition coefficient (Wildman–Crippen LogP) is 2.23. The smallest absolute Gasteiger partial charge is 0.120 e. The number of benzene rings is 1. The first-order valence-corrected chi connectivity index (χ1v) is 6.33. The Morgan fingerprint density at radius 3 is 2.67 bits per heavy atom. The summed E-state index contributed by atoms with van der Waals surface area (Å²) in [5.41, 5.74) is 6.45. The third-order valence-corrected chi connectivity index (χ3v) is 2.73. The van der Waals surface area contributed by atoms with Gasteiger partial charge in [-0.1, -0.05) is 17.7 Å². The molecule has 4 nitrogen and oxygen atoms in total. The molecule has 0 saturated heterocycles. The van der Waals surface area contributed by atoms with Crippen molar-refractivity contribution in [1.29, 1.82) is 0 Å². The van der Waals surface area contributed by atoms with Crippen LogP contribution >= 0.6 is 11.6 Å². The van der Waals surface area contributed by atoms with Gasteiger partial charge in [0.15, 0.2) is 0 Å². The van der Waals surface area contributed by atoms with Crippen molar-refractivity contribution in [2.45, 2.75) is 13.0 Å². The number of methoxy groups -OCH3 is 1. The van der Waals surface area contributed by atoms with Crippen molar-refractivity contribution in [3.8, 4) is 5.75 Å². The minimum atomic E-state index is 0.437. The molecule has 0 aliphatic carbocycles. The highest BCUT2D eigenvalue weighted by atomic mass is 35.5. The first kappa shape index (κ1) is 15.2.